The second kappa shape index (κ2) is 11.1. The number of carbonyl (C=O) groups excluding carboxylic acids is 2. The van der Waals surface area contributed by atoms with E-state index < -0.39 is 29.5 Å². The number of carboxylic acids is 1. The van der Waals surface area contributed by atoms with Crippen LogP contribution < -0.4 is 19.3 Å². The molecule has 1 fully saturated rings. The van der Waals surface area contributed by atoms with Crippen LogP contribution in [0.25, 0.3) is 5.76 Å². The predicted molar refractivity (Wildman–Crippen MR) is 148 cm³/mol. The van der Waals surface area contributed by atoms with Gasteiger partial charge in [-0.1, -0.05) is 35.9 Å². The summed E-state index contributed by atoms with van der Waals surface area (Å²) in [6.07, 6.45) is -0.188. The largest absolute Gasteiger partial charge is 0.507 e. The molecule has 0 radical (unpaired) electrons. The normalized spacial score (nSPS) is 16.3. The van der Waals surface area contributed by atoms with Gasteiger partial charge in [-0.15, -0.1) is 0 Å². The van der Waals surface area contributed by atoms with E-state index in [-0.39, 0.29) is 28.3 Å². The molecule has 202 valence electrons. The third-order valence-electron chi connectivity index (χ3n) is 6.47. The Morgan fingerprint density at radius 2 is 1.56 bits per heavy atom. The van der Waals surface area contributed by atoms with Crippen molar-refractivity contribution in [1.29, 1.82) is 0 Å². The number of benzene rings is 3. The van der Waals surface area contributed by atoms with Crippen molar-refractivity contribution in [2.24, 2.45) is 0 Å². The highest BCUT2D eigenvalue weighted by atomic mass is 35.5. The van der Waals surface area contributed by atoms with E-state index in [0.717, 1.165) is 5.69 Å². The smallest absolute Gasteiger partial charge is 0.307 e. The third-order valence-corrected chi connectivity index (χ3v) is 6.76. The molecule has 1 atom stereocenters. The van der Waals surface area contributed by atoms with Crippen molar-refractivity contribution >= 4 is 46.4 Å². The Bertz CT molecular complexity index is 1460. The number of ketones is 1. The summed E-state index contributed by atoms with van der Waals surface area (Å²) in [7, 11) is 6.61. The summed E-state index contributed by atoms with van der Waals surface area (Å²) in [5.74, 6) is -2.68. The molecule has 0 spiro atoms. The molecule has 1 heterocycles. The number of Topliss-reactive ketones (excluding diaryl/α,β-unsaturated/α-hetero) is 1. The third kappa shape index (κ3) is 5.26. The zero-order valence-corrected chi connectivity index (χ0v) is 22.5. The highest BCUT2D eigenvalue weighted by Crippen LogP contribution is 2.45. The average molecular weight is 551 g/mol. The first-order valence-corrected chi connectivity index (χ1v) is 12.3. The molecular weight excluding hydrogens is 524 g/mol. The van der Waals surface area contributed by atoms with Crippen molar-refractivity contribution in [3.63, 3.8) is 0 Å². The van der Waals surface area contributed by atoms with Gasteiger partial charge >= 0.3 is 5.97 Å². The number of aliphatic carboxylic acids is 1. The molecule has 1 amide bonds. The summed E-state index contributed by atoms with van der Waals surface area (Å²) >= 11 is 6.33. The molecule has 1 saturated heterocycles. The Morgan fingerprint density at radius 3 is 2.10 bits per heavy atom. The summed E-state index contributed by atoms with van der Waals surface area (Å²) in [5, 5.41) is 20.8. The van der Waals surface area contributed by atoms with E-state index in [1.807, 2.05) is 31.1 Å². The number of amides is 1. The average Bonchev–Trinajstić information content (AvgIpc) is 3.18. The van der Waals surface area contributed by atoms with E-state index in [9.17, 15) is 19.5 Å². The summed E-state index contributed by atoms with van der Waals surface area (Å²) in [6.45, 7) is 0. The Hall–Kier alpha value is -4.50. The molecule has 3 aromatic carbocycles. The summed E-state index contributed by atoms with van der Waals surface area (Å²) < 4.78 is 10.7. The number of rotatable bonds is 8. The molecule has 10 heteroatoms. The number of aliphatic hydroxyl groups excluding tert-OH is 1. The van der Waals surface area contributed by atoms with Gasteiger partial charge in [-0.3, -0.25) is 19.3 Å². The maximum Gasteiger partial charge on any atom is 0.307 e. The molecule has 0 bridgehead atoms. The van der Waals surface area contributed by atoms with Gasteiger partial charge in [-0.25, -0.2) is 0 Å². The number of aliphatic hydroxyl groups is 1. The lowest BCUT2D eigenvalue weighted by atomic mass is 9.94. The van der Waals surface area contributed by atoms with Crippen LogP contribution in [0.4, 0.5) is 11.4 Å². The van der Waals surface area contributed by atoms with Crippen LogP contribution in [-0.2, 0) is 20.8 Å². The quantitative estimate of drug-likeness (QED) is 0.236. The monoisotopic (exact) mass is 550 g/mol. The van der Waals surface area contributed by atoms with Gasteiger partial charge in [0.1, 0.15) is 17.3 Å². The lowest BCUT2D eigenvalue weighted by Crippen LogP contribution is -2.29. The van der Waals surface area contributed by atoms with Gasteiger partial charge in [0.15, 0.2) is 0 Å². The van der Waals surface area contributed by atoms with Crippen LogP contribution in [0.1, 0.15) is 22.7 Å². The lowest BCUT2D eigenvalue weighted by molar-refractivity contribution is -0.136. The minimum atomic E-state index is -0.990. The molecule has 1 aliphatic rings. The number of hydrogen-bond donors (Lipinski definition) is 2. The van der Waals surface area contributed by atoms with E-state index >= 15 is 0 Å². The van der Waals surface area contributed by atoms with E-state index in [0.29, 0.717) is 22.6 Å². The van der Waals surface area contributed by atoms with Crippen LogP contribution in [0.15, 0.2) is 66.2 Å². The fourth-order valence-electron chi connectivity index (χ4n) is 4.51. The second-order valence-corrected chi connectivity index (χ2v) is 9.49. The van der Waals surface area contributed by atoms with Gasteiger partial charge in [-0.2, -0.15) is 0 Å². The van der Waals surface area contributed by atoms with Crippen molar-refractivity contribution in [3.05, 3.63) is 87.9 Å². The van der Waals surface area contributed by atoms with Crippen molar-refractivity contribution < 1.29 is 34.1 Å². The van der Waals surface area contributed by atoms with Crippen LogP contribution in [0, 0.1) is 0 Å². The van der Waals surface area contributed by atoms with Crippen molar-refractivity contribution in [2.75, 3.05) is 38.1 Å². The molecule has 0 aromatic heterocycles. The van der Waals surface area contributed by atoms with Crippen molar-refractivity contribution in [1.82, 2.24) is 0 Å². The van der Waals surface area contributed by atoms with Gasteiger partial charge in [0.25, 0.3) is 11.7 Å². The van der Waals surface area contributed by atoms with Crippen LogP contribution in [0.3, 0.4) is 0 Å². The number of ether oxygens (including phenoxy) is 2. The Labute approximate surface area is 230 Å². The van der Waals surface area contributed by atoms with Crippen molar-refractivity contribution in [3.8, 4) is 11.5 Å². The minimum Gasteiger partial charge on any atom is -0.507 e. The van der Waals surface area contributed by atoms with Gasteiger partial charge < -0.3 is 24.6 Å². The number of nitrogens with zero attached hydrogens (tertiary/aromatic N) is 2. The van der Waals surface area contributed by atoms with Gasteiger partial charge in [0, 0.05) is 31.5 Å². The second-order valence-electron chi connectivity index (χ2n) is 9.08. The molecule has 3 aromatic rings. The minimum absolute atomic E-state index is 0.119. The van der Waals surface area contributed by atoms with E-state index in [1.165, 1.54) is 31.3 Å². The zero-order valence-electron chi connectivity index (χ0n) is 21.8. The fraction of sp³-hybridized carbons (Fsp3) is 0.207. The first kappa shape index (κ1) is 27.5. The van der Waals surface area contributed by atoms with Gasteiger partial charge in [0.05, 0.1) is 42.8 Å². The summed E-state index contributed by atoms with van der Waals surface area (Å²) in [6, 6.07) is 15.5. The van der Waals surface area contributed by atoms with Crippen LogP contribution in [0.2, 0.25) is 5.02 Å². The van der Waals surface area contributed by atoms with E-state index in [4.69, 9.17) is 26.2 Å². The lowest BCUT2D eigenvalue weighted by Gasteiger charge is -2.26. The maximum atomic E-state index is 13.5. The molecule has 0 aliphatic carbocycles. The summed E-state index contributed by atoms with van der Waals surface area (Å²) in [4.78, 5) is 41.2. The highest BCUT2D eigenvalue weighted by Gasteiger charge is 2.47. The van der Waals surface area contributed by atoms with E-state index in [2.05, 4.69) is 0 Å². The number of methoxy groups -OCH3 is 2. The van der Waals surface area contributed by atoms with Crippen LogP contribution in [0.5, 0.6) is 11.5 Å². The summed E-state index contributed by atoms with van der Waals surface area (Å²) in [5.41, 5.74) is 2.35. The van der Waals surface area contributed by atoms with E-state index in [1.54, 1.807) is 36.4 Å². The fourth-order valence-corrected chi connectivity index (χ4v) is 4.75. The Kier molecular flexibility index (Phi) is 7.83. The Balaban J connectivity index is 1.93. The zero-order chi connectivity index (χ0) is 28.4. The molecule has 4 rings (SSSR count). The molecule has 1 aliphatic heterocycles. The number of carbonyl (C=O) groups is 3. The molecule has 9 nitrogen and oxygen atoms in total. The SMILES string of the molecule is COc1cc(OC)c(/C(O)=C2\C(=O)C(=O)N(c3ccc(CC(=O)O)cc3)C2c2ccc(N(C)C)cc2)cc1Cl. The molecule has 0 saturated carbocycles. The number of carboxylic acid groups (broad SMARTS) is 1. The first-order chi connectivity index (χ1) is 18.6. The number of hydrogen-bond acceptors (Lipinski definition) is 7. The number of anilines is 2. The standard InChI is InChI=1S/C29H27ClN2O7/c1-31(2)18-11-7-17(8-12-18)26-25(27(35)20-14-21(30)23(39-4)15-22(20)38-3)28(36)29(37)32(26)19-9-5-16(6-10-19)13-24(33)34/h5-12,14-15,26,35H,13H2,1-4H3,(H,33,34)/b27-25+. The van der Waals surface area contributed by atoms with Crippen molar-refractivity contribution in [2.45, 2.75) is 12.5 Å². The molecule has 1 unspecified atom stereocenters. The number of halogens is 1. The van der Waals surface area contributed by atoms with Gasteiger partial charge in [0.2, 0.25) is 0 Å². The van der Waals surface area contributed by atoms with Crippen LogP contribution in [-0.4, -0.2) is 56.2 Å². The topological polar surface area (TPSA) is 117 Å². The molecule has 39 heavy (non-hydrogen) atoms. The highest BCUT2D eigenvalue weighted by molar-refractivity contribution is 6.51. The molecular formula is C29H27ClN2O7. The maximum absolute atomic E-state index is 13.5. The van der Waals surface area contributed by atoms with Crippen LogP contribution >= 0.6 is 11.6 Å². The predicted octanol–water partition coefficient (Wildman–Crippen LogP) is 4.68. The van der Waals surface area contributed by atoms with Gasteiger partial charge in [-0.05, 0) is 41.5 Å². The first-order valence-electron chi connectivity index (χ1n) is 11.9. The Morgan fingerprint density at radius 1 is 0.949 bits per heavy atom. The molecule has 2 N–H and O–H groups in total.